The van der Waals surface area contributed by atoms with Gasteiger partial charge in [0.05, 0.1) is 0 Å². The topological polar surface area (TPSA) is 24.9 Å². The Morgan fingerprint density at radius 2 is 1.72 bits per heavy atom. The zero-order valence-electron chi connectivity index (χ0n) is 10.5. The van der Waals surface area contributed by atoms with Crippen molar-refractivity contribution in [3.63, 3.8) is 0 Å². The summed E-state index contributed by atoms with van der Waals surface area (Å²) in [5, 5.41) is 3.40. The second-order valence-electron chi connectivity index (χ2n) is 4.86. The van der Waals surface area contributed by atoms with Crippen molar-refractivity contribution in [3.8, 4) is 11.1 Å². The molecule has 2 nitrogen and oxygen atoms in total. The molecule has 0 atom stereocenters. The number of aromatic nitrogens is 1. The summed E-state index contributed by atoms with van der Waals surface area (Å²) in [7, 11) is 0. The van der Waals surface area contributed by atoms with Gasteiger partial charge < -0.3 is 5.32 Å². The number of hydrogen-bond acceptors (Lipinski definition) is 2. The Kier molecular flexibility index (Phi) is 3.37. The van der Waals surface area contributed by atoms with Gasteiger partial charge in [-0.1, -0.05) is 30.3 Å². The number of nitrogens with zero attached hydrogens (tertiary/aromatic N) is 1. The molecule has 2 heteroatoms. The monoisotopic (exact) mass is 238 g/mol. The minimum absolute atomic E-state index is 0.620. The van der Waals surface area contributed by atoms with Gasteiger partial charge in [0, 0.05) is 17.8 Å². The van der Waals surface area contributed by atoms with Crippen molar-refractivity contribution in [1.82, 2.24) is 10.3 Å². The number of benzene rings is 1. The molecule has 0 aliphatic carbocycles. The van der Waals surface area contributed by atoms with E-state index in [0.29, 0.717) is 5.92 Å². The summed E-state index contributed by atoms with van der Waals surface area (Å²) in [4.78, 5) is 4.56. The van der Waals surface area contributed by atoms with E-state index in [1.54, 1.807) is 0 Å². The van der Waals surface area contributed by atoms with Crippen molar-refractivity contribution < 1.29 is 0 Å². The molecule has 3 rings (SSSR count). The van der Waals surface area contributed by atoms with E-state index in [0.717, 1.165) is 13.1 Å². The summed E-state index contributed by atoms with van der Waals surface area (Å²) in [5.74, 6) is 0.620. The largest absolute Gasteiger partial charge is 0.317 e. The first-order valence-electron chi connectivity index (χ1n) is 6.65. The van der Waals surface area contributed by atoms with Gasteiger partial charge >= 0.3 is 0 Å². The fraction of sp³-hybridized carbons (Fsp3) is 0.312. The molecular formula is C16H18N2. The van der Waals surface area contributed by atoms with Gasteiger partial charge in [-0.3, -0.25) is 4.98 Å². The molecule has 0 unspecified atom stereocenters. The van der Waals surface area contributed by atoms with Gasteiger partial charge in [0.1, 0.15) is 0 Å². The van der Waals surface area contributed by atoms with E-state index in [4.69, 9.17) is 0 Å². The highest BCUT2D eigenvalue weighted by Gasteiger charge is 2.16. The minimum Gasteiger partial charge on any atom is -0.317 e. The Morgan fingerprint density at radius 3 is 2.50 bits per heavy atom. The molecule has 0 amide bonds. The maximum Gasteiger partial charge on any atom is 0.0441 e. The SMILES string of the molecule is c1ccc(-c2ccnc(C3CCNCC3)c2)cc1. The van der Waals surface area contributed by atoms with Gasteiger partial charge in [-0.2, -0.15) is 0 Å². The van der Waals surface area contributed by atoms with Crippen LogP contribution in [0.2, 0.25) is 0 Å². The molecule has 2 heterocycles. The maximum absolute atomic E-state index is 4.56. The standard InChI is InChI=1S/C16H18N2/c1-2-4-13(5-3-1)15-8-11-18-16(12-15)14-6-9-17-10-7-14/h1-5,8,11-12,14,17H,6-7,9-10H2. The van der Waals surface area contributed by atoms with Crippen molar-refractivity contribution in [2.75, 3.05) is 13.1 Å². The van der Waals surface area contributed by atoms with Crippen molar-refractivity contribution in [2.24, 2.45) is 0 Å². The third kappa shape index (κ3) is 2.44. The van der Waals surface area contributed by atoms with Crippen molar-refractivity contribution in [2.45, 2.75) is 18.8 Å². The average molecular weight is 238 g/mol. The molecule has 0 bridgehead atoms. The van der Waals surface area contributed by atoms with Crippen LogP contribution in [-0.2, 0) is 0 Å². The third-order valence-electron chi connectivity index (χ3n) is 3.65. The van der Waals surface area contributed by atoms with Gasteiger partial charge in [-0.15, -0.1) is 0 Å². The van der Waals surface area contributed by atoms with Gasteiger partial charge in [0.2, 0.25) is 0 Å². The molecule has 1 N–H and O–H groups in total. The van der Waals surface area contributed by atoms with Crippen LogP contribution in [0, 0.1) is 0 Å². The van der Waals surface area contributed by atoms with Crippen LogP contribution >= 0.6 is 0 Å². The molecule has 0 saturated carbocycles. The Balaban J connectivity index is 1.89. The summed E-state index contributed by atoms with van der Waals surface area (Å²) in [5.41, 5.74) is 3.80. The number of pyridine rings is 1. The van der Waals surface area contributed by atoms with E-state index in [1.807, 2.05) is 6.20 Å². The summed E-state index contributed by atoms with van der Waals surface area (Å²) in [6.07, 6.45) is 4.34. The lowest BCUT2D eigenvalue weighted by Crippen LogP contribution is -2.27. The molecule has 1 aromatic carbocycles. The zero-order chi connectivity index (χ0) is 12.2. The van der Waals surface area contributed by atoms with Crippen LogP contribution in [0.3, 0.4) is 0 Å². The highest BCUT2D eigenvalue weighted by Crippen LogP contribution is 2.27. The van der Waals surface area contributed by atoms with E-state index >= 15 is 0 Å². The molecule has 92 valence electrons. The predicted molar refractivity (Wildman–Crippen MR) is 74.5 cm³/mol. The van der Waals surface area contributed by atoms with E-state index < -0.39 is 0 Å². The van der Waals surface area contributed by atoms with Crippen LogP contribution in [0.4, 0.5) is 0 Å². The summed E-state index contributed by atoms with van der Waals surface area (Å²) in [6.45, 7) is 2.23. The molecule has 0 radical (unpaired) electrons. The second-order valence-corrected chi connectivity index (χ2v) is 4.86. The third-order valence-corrected chi connectivity index (χ3v) is 3.65. The minimum atomic E-state index is 0.620. The Hall–Kier alpha value is -1.67. The molecule has 0 spiro atoms. The number of rotatable bonds is 2. The molecule has 18 heavy (non-hydrogen) atoms. The van der Waals surface area contributed by atoms with E-state index in [2.05, 4.69) is 52.8 Å². The van der Waals surface area contributed by atoms with Crippen LogP contribution in [0.25, 0.3) is 11.1 Å². The molecule has 2 aromatic rings. The number of piperidine rings is 1. The molecule has 1 aliphatic rings. The quantitative estimate of drug-likeness (QED) is 0.869. The Morgan fingerprint density at radius 1 is 0.944 bits per heavy atom. The van der Waals surface area contributed by atoms with Crippen LogP contribution in [0.5, 0.6) is 0 Å². The smallest absolute Gasteiger partial charge is 0.0441 e. The van der Waals surface area contributed by atoms with Gasteiger partial charge in [-0.25, -0.2) is 0 Å². The van der Waals surface area contributed by atoms with E-state index in [-0.39, 0.29) is 0 Å². The fourth-order valence-corrected chi connectivity index (χ4v) is 2.60. The zero-order valence-corrected chi connectivity index (χ0v) is 10.5. The lowest BCUT2D eigenvalue weighted by Gasteiger charge is -2.22. The fourth-order valence-electron chi connectivity index (χ4n) is 2.60. The van der Waals surface area contributed by atoms with E-state index in [9.17, 15) is 0 Å². The molecular weight excluding hydrogens is 220 g/mol. The lowest BCUT2D eigenvalue weighted by atomic mass is 9.92. The first kappa shape index (κ1) is 11.4. The first-order valence-corrected chi connectivity index (χ1v) is 6.65. The van der Waals surface area contributed by atoms with Crippen molar-refractivity contribution in [1.29, 1.82) is 0 Å². The van der Waals surface area contributed by atoms with Crippen LogP contribution < -0.4 is 5.32 Å². The van der Waals surface area contributed by atoms with Crippen molar-refractivity contribution in [3.05, 3.63) is 54.4 Å². The summed E-state index contributed by atoms with van der Waals surface area (Å²) < 4.78 is 0. The first-order chi connectivity index (χ1) is 8.93. The van der Waals surface area contributed by atoms with Crippen molar-refractivity contribution >= 4 is 0 Å². The molecule has 1 aliphatic heterocycles. The van der Waals surface area contributed by atoms with Gasteiger partial charge in [0.15, 0.2) is 0 Å². The Labute approximate surface area is 108 Å². The molecule has 1 fully saturated rings. The lowest BCUT2D eigenvalue weighted by molar-refractivity contribution is 0.453. The number of nitrogens with one attached hydrogen (secondary N) is 1. The maximum atomic E-state index is 4.56. The molecule has 1 saturated heterocycles. The van der Waals surface area contributed by atoms with E-state index in [1.165, 1.54) is 29.7 Å². The highest BCUT2D eigenvalue weighted by atomic mass is 14.9. The van der Waals surface area contributed by atoms with Gasteiger partial charge in [0.25, 0.3) is 0 Å². The summed E-state index contributed by atoms with van der Waals surface area (Å²) >= 11 is 0. The molecule has 1 aromatic heterocycles. The van der Waals surface area contributed by atoms with Gasteiger partial charge in [-0.05, 0) is 49.2 Å². The number of hydrogen-bond donors (Lipinski definition) is 1. The van der Waals surface area contributed by atoms with Crippen LogP contribution in [0.1, 0.15) is 24.5 Å². The Bertz CT molecular complexity index is 502. The van der Waals surface area contributed by atoms with Crippen LogP contribution in [-0.4, -0.2) is 18.1 Å². The summed E-state index contributed by atoms with van der Waals surface area (Å²) in [6, 6.07) is 14.9. The second kappa shape index (κ2) is 5.32. The highest BCUT2D eigenvalue weighted by molar-refractivity contribution is 5.63. The van der Waals surface area contributed by atoms with Crippen LogP contribution in [0.15, 0.2) is 48.7 Å². The predicted octanol–water partition coefficient (Wildman–Crippen LogP) is 3.22. The average Bonchev–Trinajstić information content (AvgIpc) is 2.49. The normalized spacial score (nSPS) is 16.7.